The Balaban J connectivity index is 1.54. The normalized spacial score (nSPS) is 10.7. The van der Waals surface area contributed by atoms with Gasteiger partial charge in [0.05, 0.1) is 12.3 Å². The molecule has 0 aliphatic carbocycles. The molecule has 0 bridgehead atoms. The minimum absolute atomic E-state index is 0.118. The van der Waals surface area contributed by atoms with Gasteiger partial charge in [0.25, 0.3) is 5.91 Å². The summed E-state index contributed by atoms with van der Waals surface area (Å²) in [5.41, 5.74) is 3.45. The van der Waals surface area contributed by atoms with E-state index in [1.165, 1.54) is 11.8 Å². The van der Waals surface area contributed by atoms with Crippen molar-refractivity contribution in [2.24, 2.45) is 7.05 Å². The van der Waals surface area contributed by atoms with E-state index >= 15 is 0 Å². The summed E-state index contributed by atoms with van der Waals surface area (Å²) < 4.78 is 1.76. The predicted octanol–water partition coefficient (Wildman–Crippen LogP) is 3.75. The summed E-state index contributed by atoms with van der Waals surface area (Å²) in [6.07, 6.45) is 0. The van der Waals surface area contributed by atoms with E-state index in [1.807, 2.05) is 32.0 Å². The quantitative estimate of drug-likeness (QED) is 0.543. The molecule has 3 aromatic rings. The highest BCUT2D eigenvalue weighted by atomic mass is 35.5. The Bertz CT molecular complexity index is 1080. The summed E-state index contributed by atoms with van der Waals surface area (Å²) in [7, 11) is 1.80. The zero-order chi connectivity index (χ0) is 21.7. The Morgan fingerprint density at radius 1 is 1.13 bits per heavy atom. The summed E-state index contributed by atoms with van der Waals surface area (Å²) in [5.74, 6) is 0.423. The summed E-state index contributed by atoms with van der Waals surface area (Å²) in [6, 6.07) is 12.5. The van der Waals surface area contributed by atoms with Crippen molar-refractivity contribution in [1.29, 1.82) is 0 Å². The number of hydrogen-bond donors (Lipinski definition) is 2. The molecule has 0 spiro atoms. The number of halogens is 1. The van der Waals surface area contributed by atoms with Crippen molar-refractivity contribution >= 4 is 40.9 Å². The van der Waals surface area contributed by atoms with E-state index in [0.29, 0.717) is 21.6 Å². The maximum atomic E-state index is 12.3. The molecule has 0 aliphatic rings. The van der Waals surface area contributed by atoms with Crippen molar-refractivity contribution in [1.82, 2.24) is 20.1 Å². The smallest absolute Gasteiger partial charge is 0.251 e. The van der Waals surface area contributed by atoms with Crippen LogP contribution in [-0.4, -0.2) is 32.3 Å². The molecule has 7 nitrogen and oxygen atoms in total. The minimum atomic E-state index is -0.248. The predicted molar refractivity (Wildman–Crippen MR) is 119 cm³/mol. The first-order valence-electron chi connectivity index (χ1n) is 9.26. The number of aryl methyl sites for hydroxylation is 1. The van der Waals surface area contributed by atoms with Crippen molar-refractivity contribution in [2.45, 2.75) is 25.5 Å². The second kappa shape index (κ2) is 9.77. The molecule has 0 aliphatic heterocycles. The Labute approximate surface area is 184 Å². The lowest BCUT2D eigenvalue weighted by Gasteiger charge is -2.10. The Morgan fingerprint density at radius 2 is 1.90 bits per heavy atom. The number of carbonyl (C=O) groups excluding carboxylic acids is 2. The van der Waals surface area contributed by atoms with Gasteiger partial charge in [-0.15, -0.1) is 10.2 Å². The highest BCUT2D eigenvalue weighted by molar-refractivity contribution is 7.99. The molecule has 0 atom stereocenters. The molecule has 2 N–H and O–H groups in total. The van der Waals surface area contributed by atoms with Crippen LogP contribution in [0.4, 0.5) is 5.69 Å². The van der Waals surface area contributed by atoms with E-state index in [2.05, 4.69) is 20.8 Å². The SMILES string of the molecule is Cc1cccc(NC(=O)CSc2nnc(CNC(=O)c3cccc(Cl)c3)n2C)c1C. The van der Waals surface area contributed by atoms with E-state index in [-0.39, 0.29) is 24.1 Å². The third kappa shape index (κ3) is 5.40. The van der Waals surface area contributed by atoms with Gasteiger partial charge in [-0.25, -0.2) is 0 Å². The van der Waals surface area contributed by atoms with Crippen LogP contribution in [-0.2, 0) is 18.4 Å². The number of carbonyl (C=O) groups is 2. The molecule has 156 valence electrons. The molecule has 0 unspecified atom stereocenters. The number of amides is 2. The van der Waals surface area contributed by atoms with Gasteiger partial charge in [-0.05, 0) is 49.2 Å². The fourth-order valence-electron chi connectivity index (χ4n) is 2.72. The zero-order valence-electron chi connectivity index (χ0n) is 16.9. The van der Waals surface area contributed by atoms with Crippen LogP contribution in [0.15, 0.2) is 47.6 Å². The Kier molecular flexibility index (Phi) is 7.12. The van der Waals surface area contributed by atoms with Crippen LogP contribution < -0.4 is 10.6 Å². The largest absolute Gasteiger partial charge is 0.345 e. The van der Waals surface area contributed by atoms with Crippen molar-refractivity contribution < 1.29 is 9.59 Å². The monoisotopic (exact) mass is 443 g/mol. The molecule has 9 heteroatoms. The number of aromatic nitrogens is 3. The van der Waals surface area contributed by atoms with Gasteiger partial charge >= 0.3 is 0 Å². The van der Waals surface area contributed by atoms with Crippen LogP contribution in [0.1, 0.15) is 27.3 Å². The van der Waals surface area contributed by atoms with Crippen LogP contribution in [0, 0.1) is 13.8 Å². The number of benzene rings is 2. The minimum Gasteiger partial charge on any atom is -0.345 e. The van der Waals surface area contributed by atoms with Crippen LogP contribution in [0.25, 0.3) is 0 Å². The van der Waals surface area contributed by atoms with Gasteiger partial charge in [-0.3, -0.25) is 9.59 Å². The Hall–Kier alpha value is -2.84. The molecular weight excluding hydrogens is 422 g/mol. The van der Waals surface area contributed by atoms with Crippen LogP contribution in [0.5, 0.6) is 0 Å². The molecule has 2 aromatic carbocycles. The molecule has 1 aromatic heterocycles. The zero-order valence-corrected chi connectivity index (χ0v) is 18.5. The first-order valence-corrected chi connectivity index (χ1v) is 10.6. The number of rotatable bonds is 7. The first kappa shape index (κ1) is 21.9. The lowest BCUT2D eigenvalue weighted by molar-refractivity contribution is -0.113. The van der Waals surface area contributed by atoms with Crippen molar-refractivity contribution in [3.8, 4) is 0 Å². The fourth-order valence-corrected chi connectivity index (χ4v) is 3.64. The molecule has 2 amide bonds. The lowest BCUT2D eigenvalue weighted by Crippen LogP contribution is -2.24. The highest BCUT2D eigenvalue weighted by Gasteiger charge is 2.14. The molecule has 1 heterocycles. The summed E-state index contributed by atoms with van der Waals surface area (Å²) >= 11 is 7.21. The van der Waals surface area contributed by atoms with E-state index in [9.17, 15) is 9.59 Å². The third-order valence-corrected chi connectivity index (χ3v) is 5.89. The van der Waals surface area contributed by atoms with Crippen LogP contribution in [0.2, 0.25) is 5.02 Å². The molecular formula is C21H22ClN5O2S. The van der Waals surface area contributed by atoms with Gasteiger partial charge in [0.1, 0.15) is 0 Å². The average Bonchev–Trinajstić information content (AvgIpc) is 3.07. The lowest BCUT2D eigenvalue weighted by atomic mass is 10.1. The Morgan fingerprint density at radius 3 is 2.67 bits per heavy atom. The molecule has 30 heavy (non-hydrogen) atoms. The van der Waals surface area contributed by atoms with Gasteiger partial charge in [0.2, 0.25) is 5.91 Å². The van der Waals surface area contributed by atoms with Crippen molar-refractivity contribution in [3.63, 3.8) is 0 Å². The molecule has 0 saturated carbocycles. The number of nitrogens with zero attached hydrogens (tertiary/aromatic N) is 3. The van der Waals surface area contributed by atoms with Crippen molar-refractivity contribution in [2.75, 3.05) is 11.1 Å². The average molecular weight is 444 g/mol. The van der Waals surface area contributed by atoms with Gasteiger partial charge < -0.3 is 15.2 Å². The number of nitrogens with one attached hydrogen (secondary N) is 2. The maximum Gasteiger partial charge on any atom is 0.251 e. The number of anilines is 1. The number of thioether (sulfide) groups is 1. The highest BCUT2D eigenvalue weighted by Crippen LogP contribution is 2.20. The van der Waals surface area contributed by atoms with Crippen molar-refractivity contribution in [3.05, 3.63) is 70.0 Å². The molecule has 0 saturated heterocycles. The van der Waals surface area contributed by atoms with Gasteiger partial charge in [0, 0.05) is 23.3 Å². The van der Waals surface area contributed by atoms with E-state index in [0.717, 1.165) is 16.8 Å². The second-order valence-electron chi connectivity index (χ2n) is 6.74. The fraction of sp³-hybridized carbons (Fsp3) is 0.238. The topological polar surface area (TPSA) is 88.9 Å². The van der Waals surface area contributed by atoms with E-state index < -0.39 is 0 Å². The standard InChI is InChI=1S/C21H22ClN5O2S/c1-13-6-4-9-17(14(13)2)24-19(28)12-30-21-26-25-18(27(21)3)11-23-20(29)15-7-5-8-16(22)10-15/h4-10H,11-12H2,1-3H3,(H,23,29)(H,24,28). The molecule has 0 fully saturated rings. The van der Waals surface area contributed by atoms with Crippen LogP contribution >= 0.6 is 23.4 Å². The summed E-state index contributed by atoms with van der Waals surface area (Å²) in [6.45, 7) is 4.20. The van der Waals surface area contributed by atoms with E-state index in [4.69, 9.17) is 11.6 Å². The molecule has 3 rings (SSSR count). The van der Waals surface area contributed by atoms with Gasteiger partial charge in [0.15, 0.2) is 11.0 Å². The first-order chi connectivity index (χ1) is 14.3. The summed E-state index contributed by atoms with van der Waals surface area (Å²) in [5, 5.41) is 15.0. The molecule has 0 radical (unpaired) electrons. The van der Waals surface area contributed by atoms with Gasteiger partial charge in [-0.1, -0.05) is 41.6 Å². The second-order valence-corrected chi connectivity index (χ2v) is 8.11. The maximum absolute atomic E-state index is 12.3. The van der Waals surface area contributed by atoms with E-state index in [1.54, 1.807) is 35.9 Å². The third-order valence-electron chi connectivity index (χ3n) is 4.63. The summed E-state index contributed by atoms with van der Waals surface area (Å²) in [4.78, 5) is 24.6. The van der Waals surface area contributed by atoms with Crippen LogP contribution in [0.3, 0.4) is 0 Å². The number of hydrogen-bond acceptors (Lipinski definition) is 5. The van der Waals surface area contributed by atoms with Gasteiger partial charge in [-0.2, -0.15) is 0 Å².